The maximum absolute atomic E-state index is 12.4. The molecule has 34 heavy (non-hydrogen) atoms. The van der Waals surface area contributed by atoms with Gasteiger partial charge in [0, 0.05) is 5.92 Å². The van der Waals surface area contributed by atoms with Crippen molar-refractivity contribution < 1.29 is 54.4 Å². The third-order valence-corrected chi connectivity index (χ3v) is 7.17. The molecule has 2 heterocycles. The van der Waals surface area contributed by atoms with Gasteiger partial charge < -0.3 is 49.6 Å². The largest absolute Gasteiger partial charge is 0.472 e. The second kappa shape index (κ2) is 10.1. The Hall–Kier alpha value is -1.80. The van der Waals surface area contributed by atoms with E-state index < -0.39 is 85.1 Å². The number of halogens is 1. The van der Waals surface area contributed by atoms with E-state index in [-0.39, 0.29) is 5.56 Å². The average molecular weight is 503 g/mol. The van der Waals surface area contributed by atoms with Gasteiger partial charge >= 0.3 is 5.97 Å². The number of carbonyl (C=O) groups is 1. The van der Waals surface area contributed by atoms with Crippen molar-refractivity contribution in [3.8, 4) is 0 Å². The summed E-state index contributed by atoms with van der Waals surface area (Å²) in [5, 5.41) is 60.6. The normalized spacial score (nSPS) is 43.7. The fraction of sp³-hybridized carbons (Fsp3) is 0.591. The Morgan fingerprint density at radius 3 is 2.41 bits per heavy atom. The lowest BCUT2D eigenvalue weighted by atomic mass is 9.84. The lowest BCUT2D eigenvalue weighted by Crippen LogP contribution is -2.61. The molecule has 188 valence electrons. The molecule has 2 fully saturated rings. The Bertz CT molecular complexity index is 883. The number of hydrogen-bond acceptors (Lipinski definition) is 11. The molecule has 0 radical (unpaired) electrons. The zero-order valence-corrected chi connectivity index (χ0v) is 18.6. The summed E-state index contributed by atoms with van der Waals surface area (Å²) in [6, 6.07) is 8.09. The lowest BCUT2D eigenvalue weighted by molar-refractivity contribution is -0.347. The van der Waals surface area contributed by atoms with Crippen molar-refractivity contribution in [1.82, 2.24) is 0 Å². The van der Waals surface area contributed by atoms with Crippen LogP contribution < -0.4 is 0 Å². The number of hydrogen-bond donors (Lipinski definition) is 6. The van der Waals surface area contributed by atoms with Crippen LogP contribution in [0.1, 0.15) is 10.4 Å². The van der Waals surface area contributed by atoms with Crippen LogP contribution in [0.3, 0.4) is 0 Å². The maximum atomic E-state index is 12.4. The summed E-state index contributed by atoms with van der Waals surface area (Å²) < 4.78 is 21.8. The molecule has 0 aromatic heterocycles. The zero-order valence-electron chi connectivity index (χ0n) is 17.8. The van der Waals surface area contributed by atoms with Gasteiger partial charge in [-0.25, -0.2) is 4.79 Å². The Morgan fingerprint density at radius 2 is 1.74 bits per heavy atom. The molecule has 11 atom stereocenters. The van der Waals surface area contributed by atoms with Crippen LogP contribution in [0.4, 0.5) is 0 Å². The highest BCUT2D eigenvalue weighted by molar-refractivity contribution is 6.22. The first-order chi connectivity index (χ1) is 16.2. The fourth-order valence-electron chi connectivity index (χ4n) is 4.61. The number of aliphatic hydroxyl groups is 6. The zero-order chi connectivity index (χ0) is 24.6. The van der Waals surface area contributed by atoms with E-state index in [0.29, 0.717) is 0 Å². The highest BCUT2D eigenvalue weighted by Gasteiger charge is 2.64. The number of ether oxygens (including phenoxy) is 4. The number of alkyl halides is 1. The van der Waals surface area contributed by atoms with Crippen LogP contribution in [0.2, 0.25) is 0 Å². The van der Waals surface area contributed by atoms with Gasteiger partial charge in [0.15, 0.2) is 6.29 Å². The van der Waals surface area contributed by atoms with E-state index in [1.807, 2.05) is 0 Å². The molecule has 1 saturated heterocycles. The molecule has 0 spiro atoms. The number of benzene rings is 1. The van der Waals surface area contributed by atoms with E-state index in [4.69, 9.17) is 30.5 Å². The van der Waals surface area contributed by atoms with E-state index in [9.17, 15) is 35.4 Å². The van der Waals surface area contributed by atoms with Crippen LogP contribution in [-0.4, -0.2) is 104 Å². The van der Waals surface area contributed by atoms with Crippen LogP contribution in [0.5, 0.6) is 0 Å². The summed E-state index contributed by atoms with van der Waals surface area (Å²) in [5.41, 5.74) is -1.76. The molecular formula is C22H27ClO11. The summed E-state index contributed by atoms with van der Waals surface area (Å²) in [6.45, 7) is -1.26. The first kappa shape index (κ1) is 25.3. The predicted molar refractivity (Wildman–Crippen MR) is 113 cm³/mol. The van der Waals surface area contributed by atoms with Gasteiger partial charge in [0.25, 0.3) is 0 Å². The van der Waals surface area contributed by atoms with Crippen molar-refractivity contribution in [2.75, 3.05) is 13.2 Å². The smallest absolute Gasteiger partial charge is 0.338 e. The molecule has 1 saturated carbocycles. The second-order valence-electron chi connectivity index (χ2n) is 8.60. The number of carbonyl (C=O) groups excluding carboxylic acids is 1. The number of rotatable bonds is 6. The summed E-state index contributed by atoms with van der Waals surface area (Å²) >= 11 is 6.38. The topological polar surface area (TPSA) is 175 Å². The number of aliphatic hydroxyl groups excluding tert-OH is 5. The number of esters is 1. The van der Waals surface area contributed by atoms with Crippen molar-refractivity contribution in [1.29, 1.82) is 0 Å². The van der Waals surface area contributed by atoms with Crippen molar-refractivity contribution in [2.45, 2.75) is 54.1 Å². The highest BCUT2D eigenvalue weighted by Crippen LogP contribution is 2.49. The minimum absolute atomic E-state index is 0.251. The van der Waals surface area contributed by atoms with E-state index in [1.165, 1.54) is 24.5 Å². The van der Waals surface area contributed by atoms with E-state index in [0.717, 1.165) is 0 Å². The van der Waals surface area contributed by atoms with Crippen molar-refractivity contribution >= 4 is 17.6 Å². The van der Waals surface area contributed by atoms with Gasteiger partial charge in [-0.3, -0.25) is 0 Å². The third-order valence-electron chi connectivity index (χ3n) is 6.53. The molecule has 1 aliphatic carbocycles. The average Bonchev–Trinajstić information content (AvgIpc) is 3.05. The predicted octanol–water partition coefficient (Wildman–Crippen LogP) is -1.52. The van der Waals surface area contributed by atoms with Crippen LogP contribution in [0.25, 0.3) is 0 Å². The van der Waals surface area contributed by atoms with Gasteiger partial charge in [0.1, 0.15) is 36.6 Å². The minimum Gasteiger partial charge on any atom is -0.472 e. The van der Waals surface area contributed by atoms with Crippen molar-refractivity contribution in [3.05, 3.63) is 48.2 Å². The molecule has 11 nitrogen and oxygen atoms in total. The maximum Gasteiger partial charge on any atom is 0.338 e. The Labute approximate surface area is 199 Å². The van der Waals surface area contributed by atoms with Gasteiger partial charge in [-0.2, -0.15) is 0 Å². The molecule has 4 rings (SSSR count). The molecular weight excluding hydrogens is 476 g/mol. The Morgan fingerprint density at radius 1 is 1.03 bits per heavy atom. The van der Waals surface area contributed by atoms with Crippen LogP contribution in [0, 0.1) is 11.8 Å². The Kier molecular flexibility index (Phi) is 7.48. The fourth-order valence-corrected chi connectivity index (χ4v) is 4.99. The van der Waals surface area contributed by atoms with E-state index in [2.05, 4.69) is 0 Å². The molecule has 0 unspecified atom stereocenters. The molecule has 1 aromatic rings. The molecule has 12 heteroatoms. The monoisotopic (exact) mass is 502 g/mol. The highest BCUT2D eigenvalue weighted by atomic mass is 35.5. The quantitative estimate of drug-likeness (QED) is 0.197. The lowest BCUT2D eigenvalue weighted by Gasteiger charge is -2.44. The standard InChI is InChI=1S/C22H27ClO11/c23-18-14(25)11-6-7-31-20(34-21-17(28)16(27)15(26)12(8-24)33-21)13(11)22(18,30)9-32-19(29)10-4-2-1-3-5-10/h1-7,11-18,20-21,24-28,30H,8-9H2/t11-,12-,13-,14+,15-,16+,17-,18-,20+,21+,22-/m1/s1. The van der Waals surface area contributed by atoms with Crippen molar-refractivity contribution in [2.24, 2.45) is 11.8 Å². The van der Waals surface area contributed by atoms with Gasteiger partial charge in [-0.1, -0.05) is 18.2 Å². The minimum atomic E-state index is -2.01. The summed E-state index contributed by atoms with van der Waals surface area (Å²) in [6.07, 6.45) is -7.69. The third kappa shape index (κ3) is 4.43. The van der Waals surface area contributed by atoms with Crippen LogP contribution >= 0.6 is 11.6 Å². The second-order valence-corrected chi connectivity index (χ2v) is 9.07. The molecule has 3 aliphatic rings. The number of fused-ring (bicyclic) bond motifs is 1. The van der Waals surface area contributed by atoms with E-state index in [1.54, 1.807) is 18.2 Å². The first-order valence-electron chi connectivity index (χ1n) is 10.7. The van der Waals surface area contributed by atoms with Gasteiger partial charge in [-0.05, 0) is 18.2 Å². The Balaban J connectivity index is 1.54. The molecule has 0 bridgehead atoms. The summed E-state index contributed by atoms with van der Waals surface area (Å²) in [7, 11) is 0. The SMILES string of the molecule is O=C(OC[C@@]1(O)[C@H]2[C@H](O[C@@H]3O[C@H](CO)[C@@H](O)[C@H](O)[C@H]3O)OC=C[C@H]2[C@H](O)[C@H]1Cl)c1ccccc1. The molecule has 0 amide bonds. The molecule has 6 N–H and O–H groups in total. The molecule has 1 aromatic carbocycles. The van der Waals surface area contributed by atoms with Crippen molar-refractivity contribution in [3.63, 3.8) is 0 Å². The van der Waals surface area contributed by atoms with Gasteiger partial charge in [0.2, 0.25) is 6.29 Å². The van der Waals surface area contributed by atoms with Gasteiger partial charge in [0.05, 0.1) is 35.8 Å². The first-order valence-corrected chi connectivity index (χ1v) is 11.2. The van der Waals surface area contributed by atoms with Crippen LogP contribution in [-0.2, 0) is 18.9 Å². The van der Waals surface area contributed by atoms with Crippen LogP contribution in [0.15, 0.2) is 42.7 Å². The summed E-state index contributed by atoms with van der Waals surface area (Å²) in [4.78, 5) is 12.4. The molecule has 2 aliphatic heterocycles. The summed E-state index contributed by atoms with van der Waals surface area (Å²) in [5.74, 6) is -2.56. The van der Waals surface area contributed by atoms with Gasteiger partial charge in [-0.15, -0.1) is 11.6 Å². The van der Waals surface area contributed by atoms with E-state index >= 15 is 0 Å².